The van der Waals surface area contributed by atoms with Crippen molar-refractivity contribution in [3.8, 4) is 5.75 Å². The Hall–Kier alpha value is -2.50. The molecule has 0 aliphatic rings. The standard InChI is InChI=1S/C18H16Cl2N4O/c1-25-16-7-6-13(19)8-15(16)24-18-9-17(22-11-23-18)21-10-12-4-2-3-5-14(12)20/h2-9,11H,10H2,1H3,(H2,21,22,23,24). The third-order valence-corrected chi connectivity index (χ3v) is 4.11. The third-order valence-electron chi connectivity index (χ3n) is 3.51. The molecule has 3 aromatic rings. The highest BCUT2D eigenvalue weighted by Gasteiger charge is 2.06. The molecule has 128 valence electrons. The van der Waals surface area contributed by atoms with E-state index in [1.807, 2.05) is 24.3 Å². The van der Waals surface area contributed by atoms with Gasteiger partial charge in [-0.1, -0.05) is 41.4 Å². The first-order valence-electron chi connectivity index (χ1n) is 7.55. The Balaban J connectivity index is 1.74. The molecule has 0 amide bonds. The molecule has 0 radical (unpaired) electrons. The van der Waals surface area contributed by atoms with Crippen LogP contribution in [0.1, 0.15) is 5.56 Å². The number of ether oxygens (including phenoxy) is 1. The van der Waals surface area contributed by atoms with E-state index in [9.17, 15) is 0 Å². The molecule has 3 rings (SSSR count). The van der Waals surface area contributed by atoms with Crippen molar-refractivity contribution >= 4 is 40.5 Å². The number of rotatable bonds is 6. The van der Waals surface area contributed by atoms with E-state index in [-0.39, 0.29) is 0 Å². The average Bonchev–Trinajstić information content (AvgIpc) is 2.62. The zero-order valence-corrected chi connectivity index (χ0v) is 15.0. The second-order valence-corrected chi connectivity index (χ2v) is 6.05. The molecule has 0 atom stereocenters. The number of nitrogens with one attached hydrogen (secondary N) is 2. The Bertz CT molecular complexity index is 873. The van der Waals surface area contributed by atoms with Crippen molar-refractivity contribution in [2.45, 2.75) is 6.54 Å². The van der Waals surface area contributed by atoms with Gasteiger partial charge in [0.15, 0.2) is 0 Å². The van der Waals surface area contributed by atoms with Crippen LogP contribution in [0, 0.1) is 0 Å². The van der Waals surface area contributed by atoms with Crippen LogP contribution in [0.3, 0.4) is 0 Å². The van der Waals surface area contributed by atoms with Crippen molar-refractivity contribution in [3.63, 3.8) is 0 Å². The Kier molecular flexibility index (Phi) is 5.58. The van der Waals surface area contributed by atoms with Gasteiger partial charge < -0.3 is 15.4 Å². The van der Waals surface area contributed by atoms with Gasteiger partial charge in [0.25, 0.3) is 0 Å². The largest absolute Gasteiger partial charge is 0.495 e. The highest BCUT2D eigenvalue weighted by molar-refractivity contribution is 6.31. The lowest BCUT2D eigenvalue weighted by Crippen LogP contribution is -2.04. The molecule has 0 saturated heterocycles. The van der Waals surface area contributed by atoms with Gasteiger partial charge in [0.05, 0.1) is 12.8 Å². The topological polar surface area (TPSA) is 59.1 Å². The van der Waals surface area contributed by atoms with Crippen molar-refractivity contribution in [1.82, 2.24) is 9.97 Å². The lowest BCUT2D eigenvalue weighted by atomic mass is 10.2. The number of benzene rings is 2. The van der Waals surface area contributed by atoms with Crippen molar-refractivity contribution in [2.24, 2.45) is 0 Å². The van der Waals surface area contributed by atoms with Crippen LogP contribution in [0.25, 0.3) is 0 Å². The predicted octanol–water partition coefficient (Wildman–Crippen LogP) is 5.15. The number of hydrogen-bond acceptors (Lipinski definition) is 5. The lowest BCUT2D eigenvalue weighted by Gasteiger charge is -2.12. The number of methoxy groups -OCH3 is 1. The van der Waals surface area contributed by atoms with E-state index in [4.69, 9.17) is 27.9 Å². The van der Waals surface area contributed by atoms with Crippen LogP contribution in [-0.4, -0.2) is 17.1 Å². The monoisotopic (exact) mass is 374 g/mol. The van der Waals surface area contributed by atoms with Crippen molar-refractivity contribution < 1.29 is 4.74 Å². The molecule has 2 N–H and O–H groups in total. The van der Waals surface area contributed by atoms with Gasteiger partial charge in [0.2, 0.25) is 0 Å². The van der Waals surface area contributed by atoms with E-state index in [1.54, 1.807) is 31.4 Å². The minimum atomic E-state index is 0.566. The first-order valence-corrected chi connectivity index (χ1v) is 8.31. The van der Waals surface area contributed by atoms with Crippen LogP contribution in [0.15, 0.2) is 54.9 Å². The van der Waals surface area contributed by atoms with Crippen LogP contribution >= 0.6 is 23.2 Å². The maximum Gasteiger partial charge on any atom is 0.142 e. The summed E-state index contributed by atoms with van der Waals surface area (Å²) in [7, 11) is 1.60. The molecule has 0 aliphatic heterocycles. The van der Waals surface area contributed by atoms with E-state index in [1.165, 1.54) is 6.33 Å². The minimum Gasteiger partial charge on any atom is -0.495 e. The maximum atomic E-state index is 6.17. The highest BCUT2D eigenvalue weighted by atomic mass is 35.5. The molecule has 1 heterocycles. The molecule has 0 unspecified atom stereocenters. The van der Waals surface area contributed by atoms with E-state index >= 15 is 0 Å². The number of aromatic nitrogens is 2. The third kappa shape index (κ3) is 4.53. The zero-order valence-electron chi connectivity index (χ0n) is 13.5. The fourth-order valence-corrected chi connectivity index (χ4v) is 2.64. The van der Waals surface area contributed by atoms with Crippen LogP contribution < -0.4 is 15.4 Å². The zero-order chi connectivity index (χ0) is 17.6. The summed E-state index contributed by atoms with van der Waals surface area (Å²) < 4.78 is 5.33. The van der Waals surface area contributed by atoms with Gasteiger partial charge in [0, 0.05) is 22.7 Å². The number of hydrogen-bond donors (Lipinski definition) is 2. The van der Waals surface area contributed by atoms with Crippen LogP contribution in [0.5, 0.6) is 5.75 Å². The molecule has 2 aromatic carbocycles. The van der Waals surface area contributed by atoms with Crippen molar-refractivity contribution in [2.75, 3.05) is 17.7 Å². The fourth-order valence-electron chi connectivity index (χ4n) is 2.27. The molecule has 5 nitrogen and oxygen atoms in total. The smallest absolute Gasteiger partial charge is 0.142 e. The molecule has 0 saturated carbocycles. The van der Waals surface area contributed by atoms with E-state index in [2.05, 4.69) is 20.6 Å². The Labute approximate surface area is 156 Å². The fraction of sp³-hybridized carbons (Fsp3) is 0.111. The molecule has 0 fully saturated rings. The summed E-state index contributed by atoms with van der Waals surface area (Å²) in [6, 6.07) is 14.8. The summed E-state index contributed by atoms with van der Waals surface area (Å²) in [5.74, 6) is 1.98. The molecule has 0 bridgehead atoms. The van der Waals surface area contributed by atoms with Gasteiger partial charge in [-0.2, -0.15) is 0 Å². The quantitative estimate of drug-likeness (QED) is 0.624. The molecule has 0 aliphatic carbocycles. The summed E-state index contributed by atoms with van der Waals surface area (Å²) in [5, 5.41) is 7.74. The Morgan fingerprint density at radius 3 is 2.60 bits per heavy atom. The first-order chi connectivity index (χ1) is 12.2. The minimum absolute atomic E-state index is 0.566. The highest BCUT2D eigenvalue weighted by Crippen LogP contribution is 2.30. The molecular formula is C18H16Cl2N4O. The van der Waals surface area contributed by atoms with Crippen LogP contribution in [0.4, 0.5) is 17.3 Å². The van der Waals surface area contributed by atoms with Crippen LogP contribution in [-0.2, 0) is 6.54 Å². The van der Waals surface area contributed by atoms with Gasteiger partial charge in [-0.25, -0.2) is 9.97 Å². The van der Waals surface area contributed by atoms with Crippen LogP contribution in [0.2, 0.25) is 10.0 Å². The Morgan fingerprint density at radius 1 is 1.00 bits per heavy atom. The second kappa shape index (κ2) is 8.05. The SMILES string of the molecule is COc1ccc(Cl)cc1Nc1cc(NCc2ccccc2Cl)ncn1. The summed E-state index contributed by atoms with van der Waals surface area (Å²) in [5.41, 5.74) is 1.72. The second-order valence-electron chi connectivity index (χ2n) is 5.20. The van der Waals surface area contributed by atoms with Gasteiger partial charge in [0.1, 0.15) is 23.7 Å². The number of halogens is 2. The average molecular weight is 375 g/mol. The van der Waals surface area contributed by atoms with Gasteiger partial charge in [-0.3, -0.25) is 0 Å². The van der Waals surface area contributed by atoms with Crippen molar-refractivity contribution in [1.29, 1.82) is 0 Å². The maximum absolute atomic E-state index is 6.17. The van der Waals surface area contributed by atoms with Crippen molar-refractivity contribution in [3.05, 3.63) is 70.5 Å². The molecule has 0 spiro atoms. The Morgan fingerprint density at radius 2 is 1.80 bits per heavy atom. The summed E-state index contributed by atoms with van der Waals surface area (Å²) in [4.78, 5) is 8.45. The predicted molar refractivity (Wildman–Crippen MR) is 102 cm³/mol. The first kappa shape index (κ1) is 17.3. The van der Waals surface area contributed by atoms with Gasteiger partial charge >= 0.3 is 0 Å². The number of anilines is 3. The molecule has 1 aromatic heterocycles. The van der Waals surface area contributed by atoms with E-state index in [0.29, 0.717) is 34.0 Å². The molecule has 25 heavy (non-hydrogen) atoms. The summed E-state index contributed by atoms with van der Waals surface area (Å²) >= 11 is 12.2. The molecular weight excluding hydrogens is 359 g/mol. The molecule has 7 heteroatoms. The lowest BCUT2D eigenvalue weighted by molar-refractivity contribution is 0.417. The normalized spacial score (nSPS) is 10.4. The van der Waals surface area contributed by atoms with Gasteiger partial charge in [-0.05, 0) is 29.8 Å². The summed E-state index contributed by atoms with van der Waals surface area (Å²) in [6.07, 6.45) is 1.48. The van der Waals surface area contributed by atoms with E-state index in [0.717, 1.165) is 11.3 Å². The van der Waals surface area contributed by atoms with E-state index < -0.39 is 0 Å². The van der Waals surface area contributed by atoms with Gasteiger partial charge in [-0.15, -0.1) is 0 Å². The number of nitrogens with zero attached hydrogens (tertiary/aromatic N) is 2. The summed E-state index contributed by atoms with van der Waals surface area (Å²) in [6.45, 7) is 0.566.